The van der Waals surface area contributed by atoms with Gasteiger partial charge >= 0.3 is 7.60 Å². The van der Waals surface area contributed by atoms with Crippen molar-refractivity contribution in [3.8, 4) is 0 Å². The van der Waals surface area contributed by atoms with Gasteiger partial charge in [0.2, 0.25) is 0 Å². The summed E-state index contributed by atoms with van der Waals surface area (Å²) < 4.78 is 11.7. The molecule has 0 bridgehead atoms. The maximum absolute atomic E-state index is 11.7. The van der Waals surface area contributed by atoms with Crippen molar-refractivity contribution in [1.82, 2.24) is 10.6 Å². The van der Waals surface area contributed by atoms with Gasteiger partial charge in [-0.25, -0.2) is 0 Å². The molecule has 0 amide bonds. The first kappa shape index (κ1) is 17.9. The van der Waals surface area contributed by atoms with E-state index >= 15 is 0 Å². The molecule has 0 radical (unpaired) electrons. The molecule has 0 atom stereocenters. The van der Waals surface area contributed by atoms with E-state index in [1.807, 2.05) is 62.4 Å². The minimum atomic E-state index is -4.30. The van der Waals surface area contributed by atoms with E-state index < -0.39 is 13.5 Å². The Bertz CT molecular complexity index is 650. The van der Waals surface area contributed by atoms with Crippen molar-refractivity contribution in [1.29, 1.82) is 0 Å². The summed E-state index contributed by atoms with van der Waals surface area (Å²) >= 11 is 0. The van der Waals surface area contributed by atoms with E-state index in [-0.39, 0.29) is 0 Å². The van der Waals surface area contributed by atoms with Gasteiger partial charge in [-0.3, -0.25) is 15.2 Å². The molecule has 2 rings (SSSR count). The Morgan fingerprint density at radius 1 is 0.870 bits per heavy atom. The van der Waals surface area contributed by atoms with Crippen LogP contribution < -0.4 is 10.6 Å². The highest BCUT2D eigenvalue weighted by atomic mass is 31.2. The lowest BCUT2D eigenvalue weighted by atomic mass is 10.1. The predicted octanol–water partition coefficient (Wildman–Crippen LogP) is 2.64. The zero-order valence-corrected chi connectivity index (χ0v) is 14.3. The zero-order chi connectivity index (χ0) is 16.9. The number of benzene rings is 2. The quantitative estimate of drug-likeness (QED) is 0.462. The average molecular weight is 334 g/mol. The molecule has 6 heteroatoms. The third-order valence-electron chi connectivity index (χ3n) is 3.83. The first-order valence-corrected chi connectivity index (χ1v) is 9.17. The van der Waals surface area contributed by atoms with Crippen LogP contribution in [0, 0.1) is 13.8 Å². The highest BCUT2D eigenvalue weighted by molar-refractivity contribution is 7.52. The predicted molar refractivity (Wildman–Crippen MR) is 91.9 cm³/mol. The summed E-state index contributed by atoms with van der Waals surface area (Å²) in [6, 6.07) is 15.6. The van der Waals surface area contributed by atoms with Crippen molar-refractivity contribution in [2.75, 3.05) is 0 Å². The topological polar surface area (TPSA) is 81.6 Å². The van der Waals surface area contributed by atoms with Crippen LogP contribution in [0.3, 0.4) is 0 Å². The lowest BCUT2D eigenvalue weighted by Crippen LogP contribution is -2.41. The molecule has 124 valence electrons. The van der Waals surface area contributed by atoms with E-state index in [9.17, 15) is 14.4 Å². The van der Waals surface area contributed by atoms with Gasteiger partial charge in [-0.05, 0) is 36.1 Å². The van der Waals surface area contributed by atoms with Gasteiger partial charge in [0.1, 0.15) is 0 Å². The standard InChI is InChI=1S/C17H23N2O3P/c1-13-7-3-5-9-15(13)11-18-17(23(20,21)22)19-12-16-10-6-4-8-14(16)2/h3-10,17-19H,11-12H2,1-2H3,(H2,20,21,22). The fourth-order valence-corrected chi connectivity index (χ4v) is 3.00. The molecule has 0 aliphatic heterocycles. The SMILES string of the molecule is Cc1ccccc1CNC(NCc1ccccc1C)P(=O)(O)O. The van der Waals surface area contributed by atoms with E-state index in [1.54, 1.807) is 0 Å². The summed E-state index contributed by atoms with van der Waals surface area (Å²) in [6.45, 7) is 4.74. The second-order valence-corrected chi connectivity index (χ2v) is 7.30. The Morgan fingerprint density at radius 3 is 1.61 bits per heavy atom. The maximum Gasteiger partial charge on any atom is 0.356 e. The molecule has 2 aromatic carbocycles. The molecule has 0 unspecified atom stereocenters. The maximum atomic E-state index is 11.7. The van der Waals surface area contributed by atoms with Crippen LogP contribution in [0.4, 0.5) is 0 Å². The number of nitrogens with one attached hydrogen (secondary N) is 2. The fourth-order valence-electron chi connectivity index (χ4n) is 2.34. The van der Waals surface area contributed by atoms with E-state index in [1.165, 1.54) is 0 Å². The van der Waals surface area contributed by atoms with E-state index in [0.717, 1.165) is 22.3 Å². The van der Waals surface area contributed by atoms with Gasteiger partial charge in [-0.2, -0.15) is 0 Å². The van der Waals surface area contributed by atoms with Gasteiger partial charge in [0, 0.05) is 13.1 Å². The van der Waals surface area contributed by atoms with Crippen molar-refractivity contribution in [2.45, 2.75) is 32.8 Å². The molecule has 0 saturated carbocycles. The van der Waals surface area contributed by atoms with E-state index in [0.29, 0.717) is 13.1 Å². The Hall–Kier alpha value is -1.49. The minimum absolute atomic E-state index is 0.392. The molecule has 5 nitrogen and oxygen atoms in total. The molecule has 0 aromatic heterocycles. The van der Waals surface area contributed by atoms with Gasteiger partial charge in [0.25, 0.3) is 0 Å². The minimum Gasteiger partial charge on any atom is -0.322 e. The first-order chi connectivity index (χ1) is 10.9. The van der Waals surface area contributed by atoms with Crippen molar-refractivity contribution in [3.05, 3.63) is 70.8 Å². The molecular weight excluding hydrogens is 311 g/mol. The zero-order valence-electron chi connectivity index (χ0n) is 13.4. The Balaban J connectivity index is 2.02. The van der Waals surface area contributed by atoms with Crippen LogP contribution >= 0.6 is 7.60 Å². The lowest BCUT2D eigenvalue weighted by molar-refractivity contribution is 0.329. The molecule has 4 N–H and O–H groups in total. The van der Waals surface area contributed by atoms with Crippen LogP contribution in [0.1, 0.15) is 22.3 Å². The third kappa shape index (κ3) is 5.27. The molecule has 0 spiro atoms. The first-order valence-electron chi connectivity index (χ1n) is 7.49. The molecule has 0 aliphatic rings. The molecule has 0 aliphatic carbocycles. The summed E-state index contributed by atoms with van der Waals surface area (Å²) in [5.74, 6) is -1.08. The monoisotopic (exact) mass is 334 g/mol. The van der Waals surface area contributed by atoms with Crippen LogP contribution in [0.25, 0.3) is 0 Å². The molecule has 0 fully saturated rings. The second-order valence-electron chi connectivity index (χ2n) is 5.61. The number of hydrogen-bond acceptors (Lipinski definition) is 3. The smallest absolute Gasteiger partial charge is 0.322 e. The third-order valence-corrected chi connectivity index (χ3v) is 4.87. The van der Waals surface area contributed by atoms with Crippen LogP contribution in [-0.4, -0.2) is 15.7 Å². The largest absolute Gasteiger partial charge is 0.356 e. The van der Waals surface area contributed by atoms with Gasteiger partial charge < -0.3 is 9.79 Å². The van der Waals surface area contributed by atoms with E-state index in [2.05, 4.69) is 10.6 Å². The molecule has 0 saturated heterocycles. The highest BCUT2D eigenvalue weighted by Gasteiger charge is 2.27. The number of hydrogen-bond donors (Lipinski definition) is 4. The van der Waals surface area contributed by atoms with Gasteiger partial charge in [-0.15, -0.1) is 0 Å². The van der Waals surface area contributed by atoms with E-state index in [4.69, 9.17) is 0 Å². The molecule has 0 heterocycles. The van der Waals surface area contributed by atoms with Crippen LogP contribution in [0.5, 0.6) is 0 Å². The fraction of sp³-hybridized carbons (Fsp3) is 0.294. The van der Waals surface area contributed by atoms with Crippen molar-refractivity contribution in [2.24, 2.45) is 0 Å². The van der Waals surface area contributed by atoms with Crippen molar-refractivity contribution in [3.63, 3.8) is 0 Å². The highest BCUT2D eigenvalue weighted by Crippen LogP contribution is 2.38. The van der Waals surface area contributed by atoms with Gasteiger partial charge in [-0.1, -0.05) is 48.5 Å². The van der Waals surface area contributed by atoms with Crippen LogP contribution in [-0.2, 0) is 17.7 Å². The molecule has 2 aromatic rings. The molecule has 23 heavy (non-hydrogen) atoms. The number of aryl methyl sites for hydroxylation is 2. The van der Waals surface area contributed by atoms with Gasteiger partial charge in [0.05, 0.1) is 0 Å². The summed E-state index contributed by atoms with van der Waals surface area (Å²) in [5, 5.41) is 5.86. The second kappa shape index (κ2) is 7.86. The summed E-state index contributed by atoms with van der Waals surface area (Å²) in [6.07, 6.45) is 0. The van der Waals surface area contributed by atoms with Crippen molar-refractivity contribution < 1.29 is 14.4 Å². The summed E-state index contributed by atoms with van der Waals surface area (Å²) in [7, 11) is -4.30. The normalized spacial score (nSPS) is 11.9. The average Bonchev–Trinajstić information content (AvgIpc) is 2.49. The summed E-state index contributed by atoms with van der Waals surface area (Å²) in [4.78, 5) is 19.1. The van der Waals surface area contributed by atoms with Gasteiger partial charge in [0.15, 0.2) is 5.91 Å². The number of rotatable bonds is 7. The van der Waals surface area contributed by atoms with Crippen LogP contribution in [0.2, 0.25) is 0 Å². The lowest BCUT2D eigenvalue weighted by Gasteiger charge is -2.22. The van der Waals surface area contributed by atoms with Crippen LogP contribution in [0.15, 0.2) is 48.5 Å². The van der Waals surface area contributed by atoms with Crippen molar-refractivity contribution >= 4 is 7.60 Å². The Kier molecular flexibility index (Phi) is 6.10. The molecular formula is C17H23N2O3P. The Morgan fingerprint density at radius 2 is 1.26 bits per heavy atom. The summed E-state index contributed by atoms with van der Waals surface area (Å²) in [5.41, 5.74) is 4.21. The Labute approximate surface area is 136 Å².